The van der Waals surface area contributed by atoms with Crippen molar-refractivity contribution < 1.29 is 9.90 Å². The van der Waals surface area contributed by atoms with Crippen LogP contribution < -0.4 is 10.3 Å². The molecular formula is C20H19N3O2S. The molecule has 1 fully saturated rings. The Morgan fingerprint density at radius 2 is 2.04 bits per heavy atom. The first-order valence-corrected chi connectivity index (χ1v) is 9.68. The lowest BCUT2D eigenvalue weighted by Gasteiger charge is -2.22. The number of nitrogens with one attached hydrogen (secondary N) is 1. The predicted molar refractivity (Wildman–Crippen MR) is 103 cm³/mol. The molecule has 3 aliphatic rings. The molecule has 2 aromatic carbocycles. The Bertz CT molecular complexity index is 911. The molecule has 0 radical (unpaired) electrons. The van der Waals surface area contributed by atoms with Gasteiger partial charge in [-0.25, -0.2) is 0 Å². The fourth-order valence-corrected chi connectivity index (χ4v) is 4.78. The molecular weight excluding hydrogens is 346 g/mol. The number of carbonyl (C=O) groups is 1. The molecule has 0 saturated heterocycles. The van der Waals surface area contributed by atoms with Crippen molar-refractivity contribution in [2.45, 2.75) is 24.3 Å². The minimum Gasteiger partial charge on any atom is -0.392 e. The molecule has 1 aliphatic carbocycles. The van der Waals surface area contributed by atoms with E-state index in [4.69, 9.17) is 0 Å². The highest BCUT2D eigenvalue weighted by Crippen LogP contribution is 2.51. The number of nitrogens with zero attached hydrogens (tertiary/aromatic N) is 2. The zero-order chi connectivity index (χ0) is 17.7. The summed E-state index contributed by atoms with van der Waals surface area (Å²) in [6.45, 7) is 0.714. The largest absolute Gasteiger partial charge is 0.392 e. The number of fused-ring (bicyclic) bond motifs is 2. The van der Waals surface area contributed by atoms with Crippen LogP contribution in [0.25, 0.3) is 0 Å². The fourth-order valence-electron chi connectivity index (χ4n) is 3.58. The topological polar surface area (TPSA) is 64.9 Å². The van der Waals surface area contributed by atoms with Gasteiger partial charge in [0, 0.05) is 17.7 Å². The summed E-state index contributed by atoms with van der Waals surface area (Å²) in [5.74, 6) is 0.634. The molecule has 5 nitrogen and oxygen atoms in total. The molecule has 26 heavy (non-hydrogen) atoms. The third-order valence-corrected chi connectivity index (χ3v) is 6.50. The average Bonchev–Trinajstić information content (AvgIpc) is 3.35. The Balaban J connectivity index is 1.56. The van der Waals surface area contributed by atoms with Gasteiger partial charge >= 0.3 is 0 Å². The maximum Gasteiger partial charge on any atom is 0.269 e. The monoisotopic (exact) mass is 365 g/mol. The second-order valence-electron chi connectivity index (χ2n) is 7.05. The molecule has 5 rings (SSSR count). The molecule has 132 valence electrons. The fraction of sp³-hybridized carbons (Fsp3) is 0.300. The Morgan fingerprint density at radius 3 is 2.77 bits per heavy atom. The van der Waals surface area contributed by atoms with E-state index in [-0.39, 0.29) is 12.5 Å². The van der Waals surface area contributed by atoms with Crippen molar-refractivity contribution in [3.63, 3.8) is 0 Å². The molecule has 2 heterocycles. The molecule has 1 unspecified atom stereocenters. The van der Waals surface area contributed by atoms with E-state index in [1.165, 1.54) is 24.6 Å². The van der Waals surface area contributed by atoms with E-state index in [1.807, 2.05) is 53.4 Å². The Hall–Kier alpha value is -2.31. The van der Waals surface area contributed by atoms with Gasteiger partial charge < -0.3 is 10.0 Å². The number of anilines is 1. The lowest BCUT2D eigenvalue weighted by Crippen LogP contribution is -2.45. The van der Waals surface area contributed by atoms with Gasteiger partial charge in [-0.05, 0) is 36.5 Å². The van der Waals surface area contributed by atoms with Crippen molar-refractivity contribution in [3.05, 3.63) is 65.2 Å². The molecule has 2 N–H and O–H groups in total. The second-order valence-corrected chi connectivity index (χ2v) is 8.25. The average molecular weight is 365 g/mol. The smallest absolute Gasteiger partial charge is 0.269 e. The number of rotatable bonds is 4. The number of benzene rings is 2. The number of hydrogen-bond donors (Lipinski definition) is 2. The molecule has 0 aromatic heterocycles. The zero-order valence-corrected chi connectivity index (χ0v) is 15.0. The second kappa shape index (κ2) is 5.86. The van der Waals surface area contributed by atoms with E-state index in [9.17, 15) is 9.90 Å². The van der Waals surface area contributed by atoms with Crippen LogP contribution in [-0.4, -0.2) is 22.6 Å². The molecule has 2 aliphatic heterocycles. The van der Waals surface area contributed by atoms with Crippen molar-refractivity contribution in [2.75, 3.05) is 11.4 Å². The van der Waals surface area contributed by atoms with Gasteiger partial charge in [-0.2, -0.15) is 5.10 Å². The van der Waals surface area contributed by atoms with Gasteiger partial charge in [0.1, 0.15) is 5.04 Å². The summed E-state index contributed by atoms with van der Waals surface area (Å²) in [5, 5.41) is 14.9. The maximum atomic E-state index is 13.4. The number of hydrogen-bond acceptors (Lipinski definition) is 5. The zero-order valence-electron chi connectivity index (χ0n) is 14.2. The van der Waals surface area contributed by atoms with E-state index < -0.39 is 4.87 Å². The van der Waals surface area contributed by atoms with Crippen LogP contribution in [0.4, 0.5) is 5.69 Å². The molecule has 6 heteroatoms. The molecule has 1 amide bonds. The van der Waals surface area contributed by atoms with E-state index >= 15 is 0 Å². The van der Waals surface area contributed by atoms with E-state index in [0.29, 0.717) is 5.92 Å². The van der Waals surface area contributed by atoms with Crippen LogP contribution in [0.2, 0.25) is 0 Å². The first-order valence-electron chi connectivity index (χ1n) is 8.87. The van der Waals surface area contributed by atoms with Crippen LogP contribution in [0.3, 0.4) is 0 Å². The normalized spacial score (nSPS) is 24.0. The first-order chi connectivity index (χ1) is 12.7. The number of thioether (sulfide) groups is 1. The van der Waals surface area contributed by atoms with E-state index in [0.717, 1.165) is 34.0 Å². The van der Waals surface area contributed by atoms with Crippen molar-refractivity contribution in [1.82, 2.24) is 5.43 Å². The van der Waals surface area contributed by atoms with Gasteiger partial charge in [0.2, 0.25) is 4.87 Å². The Kier molecular flexibility index (Phi) is 3.58. The molecule has 1 spiro atoms. The van der Waals surface area contributed by atoms with E-state index in [2.05, 4.69) is 10.5 Å². The van der Waals surface area contributed by atoms with Crippen molar-refractivity contribution >= 4 is 28.4 Å². The highest BCUT2D eigenvalue weighted by molar-refractivity contribution is 8.16. The van der Waals surface area contributed by atoms with Crippen LogP contribution in [0.1, 0.15) is 29.5 Å². The highest BCUT2D eigenvalue weighted by atomic mass is 32.2. The summed E-state index contributed by atoms with van der Waals surface area (Å²) < 4.78 is 0. The third-order valence-electron chi connectivity index (χ3n) is 5.18. The third kappa shape index (κ3) is 2.36. The number of aliphatic hydroxyl groups excluding tert-OH is 1. The maximum absolute atomic E-state index is 13.4. The summed E-state index contributed by atoms with van der Waals surface area (Å²) in [6.07, 6.45) is 2.38. The number of aliphatic hydroxyl groups is 1. The van der Waals surface area contributed by atoms with Crippen molar-refractivity contribution in [3.8, 4) is 0 Å². The van der Waals surface area contributed by atoms with Gasteiger partial charge in [0.25, 0.3) is 5.91 Å². The van der Waals surface area contributed by atoms with Crippen LogP contribution >= 0.6 is 11.8 Å². The van der Waals surface area contributed by atoms with E-state index in [1.54, 1.807) is 0 Å². The lowest BCUT2D eigenvalue weighted by molar-refractivity contribution is -0.121. The quantitative estimate of drug-likeness (QED) is 0.874. The minimum atomic E-state index is -0.930. The number of hydrazone groups is 1. The summed E-state index contributed by atoms with van der Waals surface area (Å²) >= 11 is 1.46. The van der Waals surface area contributed by atoms with Crippen LogP contribution in [0.5, 0.6) is 0 Å². The summed E-state index contributed by atoms with van der Waals surface area (Å²) in [7, 11) is 0. The summed E-state index contributed by atoms with van der Waals surface area (Å²) in [6, 6.07) is 15.7. The minimum absolute atomic E-state index is 0.0363. The van der Waals surface area contributed by atoms with Gasteiger partial charge in [0.05, 0.1) is 12.3 Å². The molecule has 0 bridgehead atoms. The summed E-state index contributed by atoms with van der Waals surface area (Å²) in [5.41, 5.74) is 6.77. The number of carbonyl (C=O) groups excluding carboxylic acids is 1. The molecule has 2 aromatic rings. The van der Waals surface area contributed by atoms with Crippen molar-refractivity contribution in [1.29, 1.82) is 0 Å². The Labute approximate surface area is 156 Å². The number of amides is 1. The lowest BCUT2D eigenvalue weighted by atomic mass is 10.0. The predicted octanol–water partition coefficient (Wildman–Crippen LogP) is 2.79. The standard InChI is InChI=1S/C20H19N3O2S/c24-12-14-8-9-17-16(10-14)20(19(25)23(17)11-13-6-7-13)22-21-18(26-20)15-4-2-1-3-5-15/h1-5,8-10,13,22,24H,6-7,11-12H2. The van der Waals surface area contributed by atoms with Crippen LogP contribution in [0.15, 0.2) is 53.6 Å². The van der Waals surface area contributed by atoms with Gasteiger partial charge in [-0.15, -0.1) is 0 Å². The highest BCUT2D eigenvalue weighted by Gasteiger charge is 2.56. The van der Waals surface area contributed by atoms with Gasteiger partial charge in [-0.3, -0.25) is 10.2 Å². The SMILES string of the molecule is O=C1N(CC2CC2)c2ccc(CO)cc2C12NN=C(c1ccccc1)S2. The molecule has 1 saturated carbocycles. The van der Waals surface area contributed by atoms with Crippen molar-refractivity contribution in [2.24, 2.45) is 11.0 Å². The Morgan fingerprint density at radius 1 is 1.23 bits per heavy atom. The van der Waals surface area contributed by atoms with Gasteiger partial charge in [0.15, 0.2) is 0 Å². The van der Waals surface area contributed by atoms with Gasteiger partial charge in [-0.1, -0.05) is 48.2 Å². The summed E-state index contributed by atoms with van der Waals surface area (Å²) in [4.78, 5) is 14.4. The van der Waals surface area contributed by atoms with Crippen LogP contribution in [-0.2, 0) is 16.3 Å². The first kappa shape index (κ1) is 15.9. The molecule has 1 atom stereocenters. The van der Waals surface area contributed by atoms with Crippen LogP contribution in [0, 0.1) is 5.92 Å².